The molecular formula is C31H41N3O5S. The maximum Gasteiger partial charge on any atom is 0.247 e. The first kappa shape index (κ1) is 28.7. The first-order chi connectivity index (χ1) is 19.1. The minimum absolute atomic E-state index is 0.0562. The lowest BCUT2D eigenvalue weighted by molar-refractivity contribution is -0.145. The second kappa shape index (κ2) is 11.2. The molecule has 1 aromatic rings. The molecule has 9 heteroatoms. The van der Waals surface area contributed by atoms with Crippen molar-refractivity contribution in [2.45, 2.75) is 68.5 Å². The molecule has 1 unspecified atom stereocenters. The summed E-state index contributed by atoms with van der Waals surface area (Å²) in [5, 5.41) is 9.07. The molecule has 5 atom stereocenters. The Labute approximate surface area is 241 Å². The maximum atomic E-state index is 14.3. The number of aliphatic hydroxyl groups is 1. The Morgan fingerprint density at radius 2 is 1.75 bits per heavy atom. The van der Waals surface area contributed by atoms with Gasteiger partial charge in [0.25, 0.3) is 0 Å². The van der Waals surface area contributed by atoms with E-state index >= 15 is 0 Å². The van der Waals surface area contributed by atoms with E-state index in [4.69, 9.17) is 4.74 Å². The average molecular weight is 568 g/mol. The zero-order chi connectivity index (χ0) is 28.7. The van der Waals surface area contributed by atoms with Gasteiger partial charge in [0.05, 0.1) is 23.2 Å². The van der Waals surface area contributed by atoms with Gasteiger partial charge in [-0.25, -0.2) is 0 Å². The predicted molar refractivity (Wildman–Crippen MR) is 157 cm³/mol. The molecule has 0 bridgehead atoms. The van der Waals surface area contributed by atoms with E-state index < -0.39 is 28.2 Å². The highest BCUT2D eigenvalue weighted by Gasteiger charge is 2.71. The van der Waals surface area contributed by atoms with Gasteiger partial charge in [0, 0.05) is 42.7 Å². The van der Waals surface area contributed by atoms with Crippen LogP contribution < -0.4 is 9.64 Å². The molecule has 1 N–H and O–H groups in total. The van der Waals surface area contributed by atoms with Crippen LogP contribution in [0.3, 0.4) is 0 Å². The van der Waals surface area contributed by atoms with Gasteiger partial charge in [-0.3, -0.25) is 14.4 Å². The first-order valence-corrected chi connectivity index (χ1v) is 15.3. The summed E-state index contributed by atoms with van der Waals surface area (Å²) in [6.45, 7) is 9.98. The number of aliphatic hydroxyl groups excluding tert-OH is 1. The fourth-order valence-corrected chi connectivity index (χ4v) is 8.68. The summed E-state index contributed by atoms with van der Waals surface area (Å²) < 4.78 is 4.77. The highest BCUT2D eigenvalue weighted by molar-refractivity contribution is 8.02. The van der Waals surface area contributed by atoms with Crippen LogP contribution in [0.5, 0.6) is 5.75 Å². The molecule has 0 aromatic heterocycles. The van der Waals surface area contributed by atoms with Gasteiger partial charge in [-0.1, -0.05) is 24.3 Å². The number of thioether (sulfide) groups is 1. The predicted octanol–water partition coefficient (Wildman–Crippen LogP) is 3.65. The van der Waals surface area contributed by atoms with E-state index in [1.807, 2.05) is 69.0 Å². The van der Waals surface area contributed by atoms with Gasteiger partial charge >= 0.3 is 0 Å². The normalized spacial score (nSPS) is 29.8. The zero-order valence-electron chi connectivity index (χ0n) is 23.9. The van der Waals surface area contributed by atoms with Crippen LogP contribution in [0.1, 0.15) is 47.0 Å². The van der Waals surface area contributed by atoms with E-state index in [-0.39, 0.29) is 29.6 Å². The Balaban J connectivity index is 1.53. The summed E-state index contributed by atoms with van der Waals surface area (Å²) in [7, 11) is 0. The van der Waals surface area contributed by atoms with Crippen LogP contribution in [-0.4, -0.2) is 87.1 Å². The van der Waals surface area contributed by atoms with Gasteiger partial charge in [0.1, 0.15) is 11.8 Å². The molecule has 4 aliphatic heterocycles. The summed E-state index contributed by atoms with van der Waals surface area (Å²) in [4.78, 5) is 48.3. The number of carbonyl (C=O) groups is 3. The van der Waals surface area contributed by atoms with Crippen molar-refractivity contribution >= 4 is 35.2 Å². The number of ether oxygens (including phenoxy) is 1. The smallest absolute Gasteiger partial charge is 0.247 e. The van der Waals surface area contributed by atoms with Crippen LogP contribution in [0, 0.1) is 11.8 Å². The fourth-order valence-electron chi connectivity index (χ4n) is 6.67. The zero-order valence-corrected chi connectivity index (χ0v) is 24.7. The molecule has 1 spiro atoms. The molecule has 40 heavy (non-hydrogen) atoms. The van der Waals surface area contributed by atoms with Crippen molar-refractivity contribution in [3.63, 3.8) is 0 Å². The molecule has 3 amide bonds. The number of anilines is 1. The Kier molecular flexibility index (Phi) is 8.08. The molecule has 1 aromatic carbocycles. The van der Waals surface area contributed by atoms with Crippen LogP contribution in [0.25, 0.3) is 0 Å². The van der Waals surface area contributed by atoms with E-state index in [1.54, 1.807) is 21.6 Å². The minimum Gasteiger partial charge on any atom is -0.494 e. The molecule has 4 heterocycles. The molecule has 5 rings (SSSR count). The van der Waals surface area contributed by atoms with Crippen LogP contribution >= 0.6 is 11.8 Å². The van der Waals surface area contributed by atoms with Gasteiger partial charge in [0.15, 0.2) is 0 Å². The monoisotopic (exact) mass is 567 g/mol. The van der Waals surface area contributed by atoms with Crippen molar-refractivity contribution in [3.05, 3.63) is 48.6 Å². The second-order valence-corrected chi connectivity index (χ2v) is 13.5. The van der Waals surface area contributed by atoms with Crippen molar-refractivity contribution in [3.8, 4) is 5.75 Å². The van der Waals surface area contributed by atoms with Gasteiger partial charge in [0.2, 0.25) is 17.7 Å². The molecule has 0 aliphatic carbocycles. The van der Waals surface area contributed by atoms with Gasteiger partial charge < -0.3 is 24.5 Å². The third-order valence-electron chi connectivity index (χ3n) is 8.49. The Bertz CT molecular complexity index is 1190. The lowest BCUT2D eigenvalue weighted by atomic mass is 9.78. The minimum atomic E-state index is -0.817. The van der Waals surface area contributed by atoms with Gasteiger partial charge in [-0.05, 0) is 71.2 Å². The third kappa shape index (κ3) is 4.85. The summed E-state index contributed by atoms with van der Waals surface area (Å²) in [6.07, 6.45) is 10.3. The van der Waals surface area contributed by atoms with Gasteiger partial charge in [-0.15, -0.1) is 11.8 Å². The van der Waals surface area contributed by atoms with E-state index in [0.29, 0.717) is 39.1 Å². The highest BCUT2D eigenvalue weighted by Crippen LogP contribution is 2.61. The van der Waals surface area contributed by atoms with Crippen molar-refractivity contribution in [1.82, 2.24) is 9.80 Å². The number of fused-ring (bicyclic) bond motifs is 2. The molecule has 4 aliphatic rings. The van der Waals surface area contributed by atoms with E-state index in [1.165, 1.54) is 0 Å². The molecule has 0 saturated carbocycles. The Hall–Kier alpha value is -2.78. The highest BCUT2D eigenvalue weighted by atomic mass is 32.2. The number of hydrogen-bond acceptors (Lipinski definition) is 6. The number of carbonyl (C=O) groups excluding carboxylic acids is 3. The number of amides is 3. The van der Waals surface area contributed by atoms with Gasteiger partial charge in [-0.2, -0.15) is 0 Å². The lowest BCUT2D eigenvalue weighted by Gasteiger charge is -2.40. The molecule has 2 saturated heterocycles. The van der Waals surface area contributed by atoms with Crippen molar-refractivity contribution < 1.29 is 24.2 Å². The molecule has 216 valence electrons. The number of benzene rings is 1. The van der Waals surface area contributed by atoms with Crippen LogP contribution in [0.4, 0.5) is 5.69 Å². The first-order valence-electron chi connectivity index (χ1n) is 14.4. The second-order valence-electron chi connectivity index (χ2n) is 12.0. The molecular weight excluding hydrogens is 526 g/mol. The van der Waals surface area contributed by atoms with Crippen LogP contribution in [0.2, 0.25) is 0 Å². The van der Waals surface area contributed by atoms with E-state index in [2.05, 4.69) is 12.2 Å². The Morgan fingerprint density at radius 1 is 1.00 bits per heavy atom. The number of likely N-dealkylation sites (tertiary alicyclic amines) is 1. The number of unbranched alkanes of at least 4 members (excludes halogenated alkanes) is 2. The summed E-state index contributed by atoms with van der Waals surface area (Å²) in [5.41, 5.74) is 0.351. The van der Waals surface area contributed by atoms with Crippen molar-refractivity contribution in [1.29, 1.82) is 0 Å². The number of hydrogen-bond donors (Lipinski definition) is 1. The van der Waals surface area contributed by atoms with Crippen LogP contribution in [-0.2, 0) is 14.4 Å². The standard InChI is InChI=1S/C31H41N3O5S/c1-5-39-22-14-12-21(13-15-22)32-18-9-11-23-24(27(32)36)25-28(37)33(17-7-6-8-20-35)26-29(38)34(30(2,3)4)19-10-16-31(25,26)40-23/h9-16,23-26,35H,5-8,17-20H2,1-4H3/t23-,24+,25-,26?,31-/m0/s1. The number of rotatable bonds is 8. The maximum absolute atomic E-state index is 14.3. The van der Waals surface area contributed by atoms with Crippen molar-refractivity contribution in [2.75, 3.05) is 37.7 Å². The SMILES string of the molecule is CCOc1ccc(N2CC=C[C@@H]3S[C@]45C=CCN(C(C)(C)C)C(=O)C4N(CCCCCO)C(=O)[C@@H]5[C@@H]3C2=O)cc1. The third-order valence-corrected chi connectivity index (χ3v) is 10.2. The van der Waals surface area contributed by atoms with E-state index in [9.17, 15) is 19.5 Å². The largest absolute Gasteiger partial charge is 0.494 e. The number of nitrogens with zero attached hydrogens (tertiary/aromatic N) is 3. The van der Waals surface area contributed by atoms with Crippen molar-refractivity contribution in [2.24, 2.45) is 11.8 Å². The Morgan fingerprint density at radius 3 is 2.42 bits per heavy atom. The summed E-state index contributed by atoms with van der Waals surface area (Å²) in [6, 6.07) is 6.83. The average Bonchev–Trinajstić information content (AvgIpc) is 3.21. The molecule has 8 nitrogen and oxygen atoms in total. The quantitative estimate of drug-likeness (QED) is 0.381. The van der Waals surface area contributed by atoms with E-state index in [0.717, 1.165) is 17.9 Å². The lowest BCUT2D eigenvalue weighted by Crippen LogP contribution is -2.57. The fraction of sp³-hybridized carbons (Fsp3) is 0.581. The summed E-state index contributed by atoms with van der Waals surface area (Å²) in [5.74, 6) is -0.719. The molecule has 2 fully saturated rings. The summed E-state index contributed by atoms with van der Waals surface area (Å²) >= 11 is 1.61. The topological polar surface area (TPSA) is 90.4 Å². The van der Waals surface area contributed by atoms with Crippen LogP contribution in [0.15, 0.2) is 48.6 Å². The molecule has 0 radical (unpaired) electrons.